The molecular weight excluding hydrogens is 264 g/mol. The molecule has 2 aromatic rings. The maximum Gasteiger partial charge on any atom is 0.228 e. The molecular formula is C16H20N4O. The van der Waals surface area contributed by atoms with Crippen LogP contribution in [0.5, 0.6) is 0 Å². The molecule has 0 atom stereocenters. The highest BCUT2D eigenvalue weighted by atomic mass is 16.1. The van der Waals surface area contributed by atoms with E-state index in [4.69, 9.17) is 11.5 Å². The number of hydrogen-bond donors (Lipinski definition) is 3. The maximum absolute atomic E-state index is 12.1. The first-order chi connectivity index (χ1) is 9.95. The number of rotatable bonds is 4. The van der Waals surface area contributed by atoms with Crippen molar-refractivity contribution in [1.29, 1.82) is 0 Å². The topological polar surface area (TPSA) is 84.4 Å². The molecule has 0 fully saturated rings. The van der Waals surface area contributed by atoms with Gasteiger partial charge in [-0.3, -0.25) is 4.79 Å². The van der Waals surface area contributed by atoms with Gasteiger partial charge in [-0.2, -0.15) is 0 Å². The van der Waals surface area contributed by atoms with Crippen LogP contribution in [0.3, 0.4) is 0 Å². The predicted octanol–water partition coefficient (Wildman–Crippen LogP) is 2.10. The molecule has 0 aliphatic carbocycles. The van der Waals surface area contributed by atoms with Gasteiger partial charge in [0.25, 0.3) is 0 Å². The van der Waals surface area contributed by atoms with Gasteiger partial charge < -0.3 is 21.7 Å². The van der Waals surface area contributed by atoms with Gasteiger partial charge in [0, 0.05) is 36.8 Å². The number of nitrogens with one attached hydrogen (secondary N) is 1. The lowest BCUT2D eigenvalue weighted by molar-refractivity contribution is -0.115. The van der Waals surface area contributed by atoms with Crippen LogP contribution in [0.15, 0.2) is 42.5 Å². The molecule has 0 radical (unpaired) electrons. The minimum Gasteiger partial charge on any atom is -0.399 e. The smallest absolute Gasteiger partial charge is 0.228 e. The van der Waals surface area contributed by atoms with E-state index in [0.717, 1.165) is 16.9 Å². The van der Waals surface area contributed by atoms with E-state index in [1.807, 2.05) is 43.3 Å². The van der Waals surface area contributed by atoms with Crippen LogP contribution >= 0.6 is 0 Å². The minimum absolute atomic E-state index is 0.109. The summed E-state index contributed by atoms with van der Waals surface area (Å²) in [6, 6.07) is 12.8. The monoisotopic (exact) mass is 284 g/mol. The van der Waals surface area contributed by atoms with E-state index in [9.17, 15) is 4.79 Å². The van der Waals surface area contributed by atoms with Crippen molar-refractivity contribution < 1.29 is 4.79 Å². The highest BCUT2D eigenvalue weighted by Gasteiger charge is 2.08. The largest absolute Gasteiger partial charge is 0.399 e. The Kier molecular flexibility index (Phi) is 4.33. The van der Waals surface area contributed by atoms with Crippen LogP contribution in [0.2, 0.25) is 0 Å². The molecule has 0 aliphatic heterocycles. The molecule has 0 bridgehead atoms. The Hall–Kier alpha value is -2.69. The fraction of sp³-hybridized carbons (Fsp3) is 0.188. The van der Waals surface area contributed by atoms with Gasteiger partial charge in [-0.25, -0.2) is 0 Å². The van der Waals surface area contributed by atoms with E-state index in [2.05, 4.69) is 5.32 Å². The third kappa shape index (κ3) is 3.89. The Balaban J connectivity index is 2.06. The van der Waals surface area contributed by atoms with Crippen LogP contribution in [0.4, 0.5) is 22.7 Å². The van der Waals surface area contributed by atoms with Crippen LogP contribution in [0.1, 0.15) is 5.56 Å². The van der Waals surface area contributed by atoms with Crippen molar-refractivity contribution in [3.05, 3.63) is 48.0 Å². The summed E-state index contributed by atoms with van der Waals surface area (Å²) in [5.41, 5.74) is 15.2. The summed E-state index contributed by atoms with van der Waals surface area (Å²) in [5.74, 6) is -0.109. The number of hydrogen-bond acceptors (Lipinski definition) is 4. The van der Waals surface area contributed by atoms with Crippen molar-refractivity contribution in [2.75, 3.05) is 35.8 Å². The standard InChI is InChI=1S/C16H20N4O/c1-20(2)14-5-3-4-13(10-14)19-16(21)8-11-6-7-12(17)9-15(11)18/h3-7,9-10H,8,17-18H2,1-2H3,(H,19,21). The third-order valence-corrected chi connectivity index (χ3v) is 3.17. The third-order valence-electron chi connectivity index (χ3n) is 3.17. The van der Waals surface area contributed by atoms with Crippen LogP contribution < -0.4 is 21.7 Å². The zero-order chi connectivity index (χ0) is 15.4. The molecule has 21 heavy (non-hydrogen) atoms. The fourth-order valence-corrected chi connectivity index (χ4v) is 2.01. The summed E-state index contributed by atoms with van der Waals surface area (Å²) >= 11 is 0. The molecule has 0 spiro atoms. The van der Waals surface area contributed by atoms with Gasteiger partial charge in [0.2, 0.25) is 5.91 Å². The van der Waals surface area contributed by atoms with E-state index < -0.39 is 0 Å². The lowest BCUT2D eigenvalue weighted by Gasteiger charge is -2.14. The van der Waals surface area contributed by atoms with Crippen LogP contribution in [0.25, 0.3) is 0 Å². The zero-order valence-corrected chi connectivity index (χ0v) is 12.3. The number of nitrogens with zero attached hydrogens (tertiary/aromatic N) is 1. The van der Waals surface area contributed by atoms with Crippen LogP contribution in [0, 0.1) is 0 Å². The molecule has 0 aromatic heterocycles. The van der Waals surface area contributed by atoms with Gasteiger partial charge >= 0.3 is 0 Å². The molecule has 2 aromatic carbocycles. The normalized spacial score (nSPS) is 10.2. The van der Waals surface area contributed by atoms with Gasteiger partial charge in [0.15, 0.2) is 0 Å². The van der Waals surface area contributed by atoms with Crippen molar-refractivity contribution in [1.82, 2.24) is 0 Å². The summed E-state index contributed by atoms with van der Waals surface area (Å²) < 4.78 is 0. The quantitative estimate of drug-likeness (QED) is 0.751. The molecule has 0 saturated carbocycles. The number of carbonyl (C=O) groups is 1. The second kappa shape index (κ2) is 6.17. The highest BCUT2D eigenvalue weighted by Crippen LogP contribution is 2.19. The summed E-state index contributed by atoms with van der Waals surface area (Å²) in [6.45, 7) is 0. The van der Waals surface area contributed by atoms with Gasteiger partial charge in [-0.05, 0) is 35.9 Å². The van der Waals surface area contributed by atoms with Gasteiger partial charge in [0.1, 0.15) is 0 Å². The zero-order valence-electron chi connectivity index (χ0n) is 12.3. The second-order valence-corrected chi connectivity index (χ2v) is 5.13. The molecule has 5 nitrogen and oxygen atoms in total. The van der Waals surface area contributed by atoms with Crippen molar-refractivity contribution >= 4 is 28.7 Å². The van der Waals surface area contributed by atoms with E-state index in [1.165, 1.54) is 0 Å². The van der Waals surface area contributed by atoms with Crippen molar-refractivity contribution in [3.63, 3.8) is 0 Å². The molecule has 5 heteroatoms. The van der Waals surface area contributed by atoms with E-state index in [1.54, 1.807) is 18.2 Å². The van der Waals surface area contributed by atoms with Crippen LogP contribution in [-0.4, -0.2) is 20.0 Å². The first-order valence-electron chi connectivity index (χ1n) is 6.67. The summed E-state index contributed by atoms with van der Waals surface area (Å²) in [5, 5.41) is 2.88. The van der Waals surface area contributed by atoms with Gasteiger partial charge in [0.05, 0.1) is 6.42 Å². The Morgan fingerprint density at radius 3 is 2.57 bits per heavy atom. The lowest BCUT2D eigenvalue weighted by Crippen LogP contribution is -2.16. The van der Waals surface area contributed by atoms with Crippen molar-refractivity contribution in [2.24, 2.45) is 0 Å². The Morgan fingerprint density at radius 1 is 1.14 bits per heavy atom. The fourth-order valence-electron chi connectivity index (χ4n) is 2.01. The maximum atomic E-state index is 12.1. The highest BCUT2D eigenvalue weighted by molar-refractivity contribution is 5.93. The lowest BCUT2D eigenvalue weighted by atomic mass is 10.1. The predicted molar refractivity (Wildman–Crippen MR) is 88.4 cm³/mol. The van der Waals surface area contributed by atoms with Crippen molar-refractivity contribution in [2.45, 2.75) is 6.42 Å². The first-order valence-corrected chi connectivity index (χ1v) is 6.67. The Labute approximate surface area is 124 Å². The molecule has 0 aliphatic rings. The van der Waals surface area contributed by atoms with Gasteiger partial charge in [-0.15, -0.1) is 0 Å². The molecule has 0 unspecified atom stereocenters. The average molecular weight is 284 g/mol. The Bertz CT molecular complexity index is 652. The number of benzene rings is 2. The number of anilines is 4. The second-order valence-electron chi connectivity index (χ2n) is 5.13. The number of carbonyl (C=O) groups excluding carboxylic acids is 1. The number of nitrogens with two attached hydrogens (primary N) is 2. The summed E-state index contributed by atoms with van der Waals surface area (Å²) in [4.78, 5) is 14.1. The summed E-state index contributed by atoms with van der Waals surface area (Å²) in [6.07, 6.45) is 0.221. The summed E-state index contributed by atoms with van der Waals surface area (Å²) in [7, 11) is 3.91. The molecule has 0 heterocycles. The SMILES string of the molecule is CN(C)c1cccc(NC(=O)Cc2ccc(N)cc2N)c1. The molecule has 1 amide bonds. The molecule has 0 saturated heterocycles. The molecule has 110 valence electrons. The van der Waals surface area contributed by atoms with E-state index in [0.29, 0.717) is 11.4 Å². The molecule has 5 N–H and O–H groups in total. The number of nitrogen functional groups attached to an aromatic ring is 2. The first kappa shape index (κ1) is 14.7. The number of amides is 1. The van der Waals surface area contributed by atoms with E-state index in [-0.39, 0.29) is 12.3 Å². The Morgan fingerprint density at radius 2 is 1.90 bits per heavy atom. The van der Waals surface area contributed by atoms with Crippen LogP contribution in [-0.2, 0) is 11.2 Å². The molecule has 2 rings (SSSR count). The van der Waals surface area contributed by atoms with E-state index >= 15 is 0 Å². The minimum atomic E-state index is -0.109. The van der Waals surface area contributed by atoms with Crippen molar-refractivity contribution in [3.8, 4) is 0 Å². The van der Waals surface area contributed by atoms with Gasteiger partial charge in [-0.1, -0.05) is 12.1 Å². The average Bonchev–Trinajstić information content (AvgIpc) is 2.42.